The fourth-order valence-corrected chi connectivity index (χ4v) is 1.53. The van der Waals surface area contributed by atoms with Gasteiger partial charge in [0.2, 0.25) is 0 Å². The molecule has 1 aliphatic carbocycles. The molecular formula is C7H12N4. The Labute approximate surface area is 65.4 Å². The predicted octanol–water partition coefficient (Wildman–Crippen LogP) is 0.0154. The molecule has 1 saturated carbocycles. The van der Waals surface area contributed by atoms with E-state index >= 15 is 0 Å². The highest BCUT2D eigenvalue weighted by molar-refractivity contribution is 4.81. The SMILES string of the molecule is NC1CC(Cn2cncn2)C1. The number of nitrogens with zero attached hydrogens (tertiary/aromatic N) is 3. The van der Waals surface area contributed by atoms with Crippen molar-refractivity contribution in [2.75, 3.05) is 0 Å². The van der Waals surface area contributed by atoms with Crippen molar-refractivity contribution in [3.63, 3.8) is 0 Å². The second-order valence-electron chi connectivity index (χ2n) is 3.22. The van der Waals surface area contributed by atoms with Gasteiger partial charge in [0.25, 0.3) is 0 Å². The third-order valence-electron chi connectivity index (χ3n) is 2.18. The monoisotopic (exact) mass is 152 g/mol. The van der Waals surface area contributed by atoms with Gasteiger partial charge in [0.05, 0.1) is 0 Å². The molecule has 2 rings (SSSR count). The van der Waals surface area contributed by atoms with E-state index in [0.717, 1.165) is 25.3 Å². The molecule has 11 heavy (non-hydrogen) atoms. The number of nitrogens with two attached hydrogens (primary N) is 1. The van der Waals surface area contributed by atoms with Crippen molar-refractivity contribution in [1.82, 2.24) is 14.8 Å². The molecule has 2 N–H and O–H groups in total. The highest BCUT2D eigenvalue weighted by atomic mass is 15.3. The van der Waals surface area contributed by atoms with Gasteiger partial charge in [0.15, 0.2) is 0 Å². The number of hydrogen-bond donors (Lipinski definition) is 1. The standard InChI is InChI=1S/C7H12N4/c8-7-1-6(2-7)3-11-5-9-4-10-11/h4-7H,1-3,8H2. The van der Waals surface area contributed by atoms with Crippen LogP contribution in [0.15, 0.2) is 12.7 Å². The van der Waals surface area contributed by atoms with Crippen LogP contribution in [0.2, 0.25) is 0 Å². The van der Waals surface area contributed by atoms with E-state index in [9.17, 15) is 0 Å². The first-order chi connectivity index (χ1) is 5.34. The van der Waals surface area contributed by atoms with Crippen LogP contribution in [0.1, 0.15) is 12.8 Å². The Morgan fingerprint density at radius 3 is 2.91 bits per heavy atom. The van der Waals surface area contributed by atoms with Crippen molar-refractivity contribution >= 4 is 0 Å². The van der Waals surface area contributed by atoms with Crippen molar-refractivity contribution in [3.05, 3.63) is 12.7 Å². The Kier molecular flexibility index (Phi) is 1.62. The molecule has 0 amide bonds. The van der Waals surface area contributed by atoms with E-state index in [1.54, 1.807) is 12.7 Å². The lowest BCUT2D eigenvalue weighted by molar-refractivity contribution is 0.227. The molecule has 0 saturated heterocycles. The van der Waals surface area contributed by atoms with Crippen molar-refractivity contribution in [1.29, 1.82) is 0 Å². The van der Waals surface area contributed by atoms with Crippen LogP contribution in [-0.4, -0.2) is 20.8 Å². The zero-order valence-electron chi connectivity index (χ0n) is 6.35. The summed E-state index contributed by atoms with van der Waals surface area (Å²) in [5, 5.41) is 4.03. The van der Waals surface area contributed by atoms with Gasteiger partial charge < -0.3 is 5.73 Å². The van der Waals surface area contributed by atoms with Crippen LogP contribution >= 0.6 is 0 Å². The topological polar surface area (TPSA) is 56.7 Å². The smallest absolute Gasteiger partial charge is 0.137 e. The third-order valence-corrected chi connectivity index (χ3v) is 2.18. The molecule has 4 heteroatoms. The molecule has 0 bridgehead atoms. The van der Waals surface area contributed by atoms with Crippen LogP contribution in [0.5, 0.6) is 0 Å². The van der Waals surface area contributed by atoms with Crippen LogP contribution in [0, 0.1) is 5.92 Å². The van der Waals surface area contributed by atoms with Gasteiger partial charge in [-0.2, -0.15) is 5.10 Å². The molecule has 0 radical (unpaired) electrons. The lowest BCUT2D eigenvalue weighted by Gasteiger charge is -2.31. The largest absolute Gasteiger partial charge is 0.328 e. The number of aromatic nitrogens is 3. The van der Waals surface area contributed by atoms with Crippen molar-refractivity contribution in [3.8, 4) is 0 Å². The van der Waals surface area contributed by atoms with Crippen LogP contribution in [0.4, 0.5) is 0 Å². The Bertz CT molecular complexity index is 212. The normalized spacial score (nSPS) is 29.9. The van der Waals surface area contributed by atoms with Gasteiger partial charge in [0, 0.05) is 12.6 Å². The Balaban J connectivity index is 1.84. The van der Waals surface area contributed by atoms with Gasteiger partial charge in [-0.25, -0.2) is 4.98 Å². The molecule has 0 aromatic carbocycles. The maximum Gasteiger partial charge on any atom is 0.137 e. The van der Waals surface area contributed by atoms with Crippen LogP contribution in [-0.2, 0) is 6.54 Å². The maximum absolute atomic E-state index is 5.65. The molecule has 0 aliphatic heterocycles. The summed E-state index contributed by atoms with van der Waals surface area (Å²) in [4.78, 5) is 3.87. The minimum Gasteiger partial charge on any atom is -0.328 e. The van der Waals surface area contributed by atoms with Gasteiger partial charge >= 0.3 is 0 Å². The molecule has 1 heterocycles. The van der Waals surface area contributed by atoms with Gasteiger partial charge in [-0.3, -0.25) is 4.68 Å². The van der Waals surface area contributed by atoms with Crippen molar-refractivity contribution in [2.24, 2.45) is 11.7 Å². The van der Waals surface area contributed by atoms with Crippen molar-refractivity contribution < 1.29 is 0 Å². The highest BCUT2D eigenvalue weighted by Gasteiger charge is 2.25. The number of hydrogen-bond acceptors (Lipinski definition) is 3. The summed E-state index contributed by atoms with van der Waals surface area (Å²) >= 11 is 0. The molecule has 1 aromatic heterocycles. The summed E-state index contributed by atoms with van der Waals surface area (Å²) < 4.78 is 1.87. The molecule has 60 valence electrons. The maximum atomic E-state index is 5.65. The first kappa shape index (κ1) is 6.79. The fourth-order valence-electron chi connectivity index (χ4n) is 1.53. The Hall–Kier alpha value is -0.900. The lowest BCUT2D eigenvalue weighted by Crippen LogP contribution is -2.38. The summed E-state index contributed by atoms with van der Waals surface area (Å²) in [6, 6.07) is 0.434. The minimum absolute atomic E-state index is 0.434. The van der Waals surface area contributed by atoms with Gasteiger partial charge in [-0.05, 0) is 18.8 Å². The van der Waals surface area contributed by atoms with E-state index in [4.69, 9.17) is 5.73 Å². The average molecular weight is 152 g/mol. The Morgan fingerprint density at radius 1 is 1.55 bits per heavy atom. The summed E-state index contributed by atoms with van der Waals surface area (Å²) in [5.41, 5.74) is 5.65. The molecule has 0 spiro atoms. The van der Waals surface area contributed by atoms with E-state index in [1.165, 1.54) is 0 Å². The van der Waals surface area contributed by atoms with E-state index in [-0.39, 0.29) is 0 Å². The van der Waals surface area contributed by atoms with Crippen LogP contribution in [0.3, 0.4) is 0 Å². The molecule has 1 aliphatic rings. The summed E-state index contributed by atoms with van der Waals surface area (Å²) in [5.74, 6) is 0.728. The van der Waals surface area contributed by atoms with Gasteiger partial charge in [0.1, 0.15) is 12.7 Å². The average Bonchev–Trinajstić information content (AvgIpc) is 2.36. The quantitative estimate of drug-likeness (QED) is 0.649. The second kappa shape index (κ2) is 2.62. The molecule has 4 nitrogen and oxygen atoms in total. The summed E-state index contributed by atoms with van der Waals surface area (Å²) in [6.45, 7) is 0.980. The first-order valence-corrected chi connectivity index (χ1v) is 3.92. The summed E-state index contributed by atoms with van der Waals surface area (Å²) in [6.07, 6.45) is 5.60. The lowest BCUT2D eigenvalue weighted by atomic mass is 9.81. The molecule has 0 atom stereocenters. The predicted molar refractivity (Wildman–Crippen MR) is 40.7 cm³/mol. The molecule has 0 unspecified atom stereocenters. The zero-order valence-corrected chi connectivity index (χ0v) is 6.35. The van der Waals surface area contributed by atoms with E-state index < -0.39 is 0 Å². The van der Waals surface area contributed by atoms with Gasteiger partial charge in [-0.15, -0.1) is 0 Å². The third kappa shape index (κ3) is 1.40. The zero-order chi connectivity index (χ0) is 7.68. The molecular weight excluding hydrogens is 140 g/mol. The van der Waals surface area contributed by atoms with E-state index in [1.807, 2.05) is 4.68 Å². The van der Waals surface area contributed by atoms with Crippen LogP contribution in [0.25, 0.3) is 0 Å². The minimum atomic E-state index is 0.434. The second-order valence-corrected chi connectivity index (χ2v) is 3.22. The van der Waals surface area contributed by atoms with Gasteiger partial charge in [-0.1, -0.05) is 0 Å². The summed E-state index contributed by atoms with van der Waals surface area (Å²) in [7, 11) is 0. The highest BCUT2D eigenvalue weighted by Crippen LogP contribution is 2.26. The number of rotatable bonds is 2. The van der Waals surface area contributed by atoms with Crippen LogP contribution < -0.4 is 5.73 Å². The molecule has 1 aromatic rings. The Morgan fingerprint density at radius 2 is 2.36 bits per heavy atom. The first-order valence-electron chi connectivity index (χ1n) is 3.92. The fraction of sp³-hybridized carbons (Fsp3) is 0.714. The van der Waals surface area contributed by atoms with E-state index in [0.29, 0.717) is 6.04 Å². The van der Waals surface area contributed by atoms with E-state index in [2.05, 4.69) is 10.1 Å². The van der Waals surface area contributed by atoms with Crippen molar-refractivity contribution in [2.45, 2.75) is 25.4 Å². The molecule has 1 fully saturated rings.